The van der Waals surface area contributed by atoms with Gasteiger partial charge in [0.05, 0.1) is 25.0 Å². The molecule has 1 saturated heterocycles. The second kappa shape index (κ2) is 8.71. The van der Waals surface area contributed by atoms with Gasteiger partial charge in [-0.25, -0.2) is 9.67 Å². The third-order valence-electron chi connectivity index (χ3n) is 4.82. The lowest BCUT2D eigenvalue weighted by Crippen LogP contribution is -2.42. The van der Waals surface area contributed by atoms with Crippen molar-refractivity contribution in [3.8, 4) is 11.4 Å². The fraction of sp³-hybridized carbons (Fsp3) is 0.474. The summed E-state index contributed by atoms with van der Waals surface area (Å²) in [5.74, 6) is 1.31. The van der Waals surface area contributed by atoms with Crippen LogP contribution < -0.4 is 15.8 Å². The lowest BCUT2D eigenvalue weighted by molar-refractivity contribution is 0.267. The predicted octanol–water partition coefficient (Wildman–Crippen LogP) is 1.77. The van der Waals surface area contributed by atoms with E-state index >= 15 is 0 Å². The first-order valence-corrected chi connectivity index (χ1v) is 9.16. The minimum Gasteiger partial charge on any atom is -0.497 e. The molecule has 0 saturated carbocycles. The maximum Gasteiger partial charge on any atom is 0.189 e. The van der Waals surface area contributed by atoms with E-state index in [0.717, 1.165) is 30.2 Å². The van der Waals surface area contributed by atoms with E-state index in [1.165, 1.54) is 19.4 Å². The van der Waals surface area contributed by atoms with Crippen LogP contribution in [0.1, 0.15) is 25.5 Å². The van der Waals surface area contributed by atoms with E-state index < -0.39 is 0 Å². The Labute approximate surface area is 154 Å². The molecule has 0 aliphatic carbocycles. The van der Waals surface area contributed by atoms with Crippen LogP contribution in [0, 0.1) is 0 Å². The van der Waals surface area contributed by atoms with E-state index in [1.807, 2.05) is 41.2 Å². The number of nitrogens with two attached hydrogens (primary N) is 1. The van der Waals surface area contributed by atoms with Crippen molar-refractivity contribution in [2.24, 2.45) is 10.7 Å². The molecule has 7 heteroatoms. The zero-order valence-electron chi connectivity index (χ0n) is 15.6. The van der Waals surface area contributed by atoms with Gasteiger partial charge in [-0.05, 0) is 56.3 Å². The molecule has 1 fully saturated rings. The van der Waals surface area contributed by atoms with Crippen LogP contribution in [0.2, 0.25) is 0 Å². The van der Waals surface area contributed by atoms with Gasteiger partial charge in [0.1, 0.15) is 5.75 Å². The number of guanidine groups is 1. The number of benzene rings is 1. The molecule has 0 radical (unpaired) electrons. The van der Waals surface area contributed by atoms with Crippen molar-refractivity contribution in [2.45, 2.75) is 32.4 Å². The van der Waals surface area contributed by atoms with Crippen LogP contribution in [0.5, 0.6) is 5.75 Å². The first kappa shape index (κ1) is 18.3. The Morgan fingerprint density at radius 2 is 2.15 bits per heavy atom. The first-order chi connectivity index (χ1) is 12.7. The molecule has 3 N–H and O–H groups in total. The highest BCUT2D eigenvalue weighted by molar-refractivity contribution is 5.77. The molecule has 2 aromatic rings. The molecule has 1 aromatic heterocycles. The molecule has 3 rings (SSSR count). The molecule has 1 atom stereocenters. The Kier molecular flexibility index (Phi) is 6.12. The lowest BCUT2D eigenvalue weighted by Gasteiger charge is -2.23. The minimum atomic E-state index is 0.462. The number of aliphatic imine (C=N–C) groups is 1. The van der Waals surface area contributed by atoms with Crippen molar-refractivity contribution in [3.05, 3.63) is 42.2 Å². The molecule has 1 unspecified atom stereocenters. The van der Waals surface area contributed by atoms with Crippen LogP contribution in [0.15, 0.2) is 41.5 Å². The quantitative estimate of drug-likeness (QED) is 0.584. The fourth-order valence-electron chi connectivity index (χ4n) is 3.31. The van der Waals surface area contributed by atoms with Gasteiger partial charge in [-0.3, -0.25) is 4.90 Å². The van der Waals surface area contributed by atoms with Crippen LogP contribution in [-0.2, 0) is 6.54 Å². The standard InChI is InChI=1S/C19H28N6O/c1-3-24-11-4-5-17(24)14-22-19(20)21-13-15-10-12-25(23-15)16-6-8-18(26-2)9-7-16/h6-10,12,17H,3-5,11,13-14H2,1-2H3,(H3,20,21,22). The number of nitrogens with one attached hydrogen (secondary N) is 1. The van der Waals surface area contributed by atoms with Crippen molar-refractivity contribution < 1.29 is 4.74 Å². The molecular formula is C19H28N6O. The third-order valence-corrected chi connectivity index (χ3v) is 4.82. The van der Waals surface area contributed by atoms with Crippen molar-refractivity contribution in [3.63, 3.8) is 0 Å². The van der Waals surface area contributed by atoms with Crippen LogP contribution in [0.25, 0.3) is 5.69 Å². The van der Waals surface area contributed by atoms with Crippen molar-refractivity contribution in [1.82, 2.24) is 20.0 Å². The monoisotopic (exact) mass is 356 g/mol. The summed E-state index contributed by atoms with van der Waals surface area (Å²) in [6, 6.07) is 10.3. The second-order valence-electron chi connectivity index (χ2n) is 6.46. The minimum absolute atomic E-state index is 0.462. The van der Waals surface area contributed by atoms with Crippen LogP contribution >= 0.6 is 0 Å². The maximum absolute atomic E-state index is 6.01. The Bertz CT molecular complexity index is 724. The van der Waals surface area contributed by atoms with E-state index in [2.05, 4.69) is 27.2 Å². The molecule has 0 bridgehead atoms. The van der Waals surface area contributed by atoms with Crippen LogP contribution in [-0.4, -0.2) is 53.4 Å². The molecule has 7 nitrogen and oxygen atoms in total. The number of rotatable bonds is 7. The number of hydrogen-bond donors (Lipinski definition) is 2. The highest BCUT2D eigenvalue weighted by Gasteiger charge is 2.22. The molecule has 2 heterocycles. The number of aromatic nitrogens is 2. The maximum atomic E-state index is 6.01. The molecule has 0 amide bonds. The zero-order valence-corrected chi connectivity index (χ0v) is 15.6. The number of likely N-dealkylation sites (tertiary alicyclic amines) is 1. The van der Waals surface area contributed by atoms with Gasteiger partial charge in [0.2, 0.25) is 0 Å². The van der Waals surface area contributed by atoms with Crippen molar-refractivity contribution in [1.29, 1.82) is 0 Å². The molecule has 1 aromatic carbocycles. The number of hydrogen-bond acceptors (Lipinski definition) is 4. The Balaban J connectivity index is 1.52. The van der Waals surface area contributed by atoms with Gasteiger partial charge in [-0.2, -0.15) is 5.10 Å². The number of methoxy groups -OCH3 is 1. The fourth-order valence-corrected chi connectivity index (χ4v) is 3.31. The van der Waals surface area contributed by atoms with Crippen LogP contribution in [0.4, 0.5) is 0 Å². The number of ether oxygens (including phenoxy) is 1. The van der Waals surface area contributed by atoms with Crippen LogP contribution in [0.3, 0.4) is 0 Å². The Hall–Kier alpha value is -2.54. The number of nitrogens with zero attached hydrogens (tertiary/aromatic N) is 4. The summed E-state index contributed by atoms with van der Waals surface area (Å²) in [6.45, 7) is 5.79. The molecular weight excluding hydrogens is 328 g/mol. The Morgan fingerprint density at radius 1 is 1.35 bits per heavy atom. The summed E-state index contributed by atoms with van der Waals surface area (Å²) in [6.07, 6.45) is 4.41. The zero-order chi connectivity index (χ0) is 18.4. The van der Waals surface area contributed by atoms with Gasteiger partial charge in [0.25, 0.3) is 0 Å². The van der Waals surface area contributed by atoms with Gasteiger partial charge in [0.15, 0.2) is 5.96 Å². The third kappa shape index (κ3) is 4.54. The average molecular weight is 356 g/mol. The van der Waals surface area contributed by atoms with Crippen molar-refractivity contribution in [2.75, 3.05) is 26.7 Å². The molecule has 0 spiro atoms. The SMILES string of the molecule is CCN1CCCC1CNC(N)=NCc1ccn(-c2ccc(OC)cc2)n1. The molecule has 1 aliphatic heterocycles. The Morgan fingerprint density at radius 3 is 2.88 bits per heavy atom. The van der Waals surface area contributed by atoms with Gasteiger partial charge in [-0.15, -0.1) is 0 Å². The summed E-state index contributed by atoms with van der Waals surface area (Å²) in [7, 11) is 1.66. The number of likely N-dealkylation sites (N-methyl/N-ethyl adjacent to an activating group) is 1. The summed E-state index contributed by atoms with van der Waals surface area (Å²) in [5, 5.41) is 7.80. The lowest BCUT2D eigenvalue weighted by atomic mass is 10.2. The van der Waals surface area contributed by atoms with Gasteiger partial charge in [0, 0.05) is 18.8 Å². The molecule has 1 aliphatic rings. The predicted molar refractivity (Wildman–Crippen MR) is 104 cm³/mol. The first-order valence-electron chi connectivity index (χ1n) is 9.16. The van der Waals surface area contributed by atoms with E-state index in [4.69, 9.17) is 10.5 Å². The average Bonchev–Trinajstić information content (AvgIpc) is 3.33. The highest BCUT2D eigenvalue weighted by Crippen LogP contribution is 2.16. The highest BCUT2D eigenvalue weighted by atomic mass is 16.5. The van der Waals surface area contributed by atoms with Gasteiger partial charge < -0.3 is 15.8 Å². The second-order valence-corrected chi connectivity index (χ2v) is 6.46. The van der Waals surface area contributed by atoms with Gasteiger partial charge in [-0.1, -0.05) is 6.92 Å². The normalized spacial score (nSPS) is 18.2. The van der Waals surface area contributed by atoms with E-state index in [0.29, 0.717) is 18.5 Å². The van der Waals surface area contributed by atoms with E-state index in [-0.39, 0.29) is 0 Å². The van der Waals surface area contributed by atoms with E-state index in [9.17, 15) is 0 Å². The van der Waals surface area contributed by atoms with Crippen molar-refractivity contribution >= 4 is 5.96 Å². The summed E-state index contributed by atoms with van der Waals surface area (Å²) in [5.41, 5.74) is 7.86. The largest absolute Gasteiger partial charge is 0.497 e. The summed E-state index contributed by atoms with van der Waals surface area (Å²) < 4.78 is 7.00. The van der Waals surface area contributed by atoms with E-state index in [1.54, 1.807) is 7.11 Å². The summed E-state index contributed by atoms with van der Waals surface area (Å²) >= 11 is 0. The smallest absolute Gasteiger partial charge is 0.189 e. The molecule has 26 heavy (non-hydrogen) atoms. The topological polar surface area (TPSA) is 80.7 Å². The van der Waals surface area contributed by atoms with Gasteiger partial charge >= 0.3 is 0 Å². The summed E-state index contributed by atoms with van der Waals surface area (Å²) in [4.78, 5) is 6.89. The molecule has 140 valence electrons.